The van der Waals surface area contributed by atoms with Crippen LogP contribution in [0.25, 0.3) is 11.1 Å². The summed E-state index contributed by atoms with van der Waals surface area (Å²) < 4.78 is 6.25. The molecule has 0 saturated heterocycles. The van der Waals surface area contributed by atoms with E-state index in [-0.39, 0.29) is 42.4 Å². The lowest BCUT2D eigenvalue weighted by Gasteiger charge is -2.37. The summed E-state index contributed by atoms with van der Waals surface area (Å²) in [4.78, 5) is 33.5. The summed E-state index contributed by atoms with van der Waals surface area (Å²) in [6.45, 7) is 8.33. The normalized spacial score (nSPS) is 19.4. The van der Waals surface area contributed by atoms with Crippen LogP contribution >= 0.6 is 0 Å². The number of aliphatic hydroxyl groups is 1. The first-order chi connectivity index (χ1) is 15.3. The Labute approximate surface area is 190 Å². The largest absolute Gasteiger partial charge is 0.472 e. The number of nitrogens with zero attached hydrogens (tertiary/aromatic N) is 3. The van der Waals surface area contributed by atoms with Gasteiger partial charge in [-0.25, -0.2) is 4.98 Å². The lowest BCUT2D eigenvalue weighted by molar-refractivity contribution is -0.131. The first-order valence-corrected chi connectivity index (χ1v) is 11.1. The summed E-state index contributed by atoms with van der Waals surface area (Å²) in [6, 6.07) is 9.40. The van der Waals surface area contributed by atoms with Gasteiger partial charge in [0.1, 0.15) is 11.7 Å². The van der Waals surface area contributed by atoms with Gasteiger partial charge in [-0.2, -0.15) is 0 Å². The van der Waals surface area contributed by atoms with Gasteiger partial charge in [0.05, 0.1) is 19.2 Å². The van der Waals surface area contributed by atoms with Crippen molar-refractivity contribution in [3.63, 3.8) is 0 Å². The highest BCUT2D eigenvalue weighted by Gasteiger charge is 2.34. The average molecular weight is 440 g/mol. The fourth-order valence-electron chi connectivity index (χ4n) is 4.01. The highest BCUT2D eigenvalue weighted by molar-refractivity contribution is 5.98. The predicted octanol–water partition coefficient (Wildman–Crippen LogP) is 3.15. The summed E-state index contributed by atoms with van der Waals surface area (Å²) >= 11 is 0. The van der Waals surface area contributed by atoms with Crippen molar-refractivity contribution < 1.29 is 19.4 Å². The van der Waals surface area contributed by atoms with Gasteiger partial charge in [0.2, 0.25) is 11.8 Å². The number of carbonyl (C=O) groups excluding carboxylic acids is 2. The molecular formula is C25H33N3O4. The zero-order valence-corrected chi connectivity index (χ0v) is 19.5. The highest BCUT2D eigenvalue weighted by atomic mass is 16.5. The summed E-state index contributed by atoms with van der Waals surface area (Å²) in [5.41, 5.74) is 3.28. The molecule has 0 bridgehead atoms. The second-order valence-corrected chi connectivity index (χ2v) is 8.64. The molecule has 3 atom stereocenters. The van der Waals surface area contributed by atoms with Crippen molar-refractivity contribution in [1.82, 2.24) is 14.8 Å². The minimum Gasteiger partial charge on any atom is -0.472 e. The molecule has 2 aromatic rings. The van der Waals surface area contributed by atoms with Gasteiger partial charge < -0.3 is 19.6 Å². The number of amides is 2. The molecule has 1 aliphatic heterocycles. The lowest BCUT2D eigenvalue weighted by Crippen LogP contribution is -2.50. The van der Waals surface area contributed by atoms with E-state index in [0.29, 0.717) is 25.1 Å². The van der Waals surface area contributed by atoms with Gasteiger partial charge in [0.15, 0.2) is 0 Å². The Kier molecular flexibility index (Phi) is 7.51. The molecule has 2 amide bonds. The Morgan fingerprint density at radius 1 is 1.34 bits per heavy atom. The molecule has 0 aliphatic carbocycles. The zero-order chi connectivity index (χ0) is 23.4. The van der Waals surface area contributed by atoms with Crippen LogP contribution in [0.3, 0.4) is 0 Å². The molecule has 172 valence electrons. The van der Waals surface area contributed by atoms with E-state index >= 15 is 0 Å². The molecule has 1 aromatic heterocycles. The Hall–Kier alpha value is -2.93. The summed E-state index contributed by atoms with van der Waals surface area (Å²) in [7, 11) is 1.76. The number of pyridine rings is 1. The number of aryl methyl sites for hydroxylation is 1. The topological polar surface area (TPSA) is 83.0 Å². The smallest absolute Gasteiger partial charge is 0.259 e. The molecule has 0 saturated carbocycles. The predicted molar refractivity (Wildman–Crippen MR) is 124 cm³/mol. The molecule has 32 heavy (non-hydrogen) atoms. The fourth-order valence-corrected chi connectivity index (χ4v) is 4.01. The number of carbonyl (C=O) groups is 2. The molecule has 1 aliphatic rings. The zero-order valence-electron chi connectivity index (χ0n) is 19.5. The minimum atomic E-state index is -0.353. The Bertz CT molecular complexity index is 977. The molecule has 7 nitrogen and oxygen atoms in total. The van der Waals surface area contributed by atoms with Crippen LogP contribution in [0.15, 0.2) is 36.5 Å². The van der Waals surface area contributed by atoms with Crippen LogP contribution in [-0.2, 0) is 4.79 Å². The van der Waals surface area contributed by atoms with E-state index in [1.54, 1.807) is 23.0 Å². The number of benzene rings is 1. The fraction of sp³-hybridized carbons (Fsp3) is 0.480. The maximum Gasteiger partial charge on any atom is 0.259 e. The Morgan fingerprint density at radius 2 is 2.06 bits per heavy atom. The van der Waals surface area contributed by atoms with E-state index in [1.807, 2.05) is 58.0 Å². The first kappa shape index (κ1) is 23.7. The number of aromatic nitrogens is 1. The van der Waals surface area contributed by atoms with Crippen molar-refractivity contribution in [1.29, 1.82) is 0 Å². The van der Waals surface area contributed by atoms with Gasteiger partial charge in [0.25, 0.3) is 5.91 Å². The molecule has 7 heteroatoms. The maximum atomic E-state index is 13.5. The molecule has 2 heterocycles. The number of hydrogen-bond donors (Lipinski definition) is 1. The maximum absolute atomic E-state index is 13.5. The third-order valence-corrected chi connectivity index (χ3v) is 6.16. The number of fused-ring (bicyclic) bond motifs is 1. The minimum absolute atomic E-state index is 0.0302. The van der Waals surface area contributed by atoms with Gasteiger partial charge in [-0.15, -0.1) is 0 Å². The van der Waals surface area contributed by atoms with Crippen molar-refractivity contribution >= 4 is 11.8 Å². The van der Waals surface area contributed by atoms with Crippen LogP contribution in [0.2, 0.25) is 0 Å². The second kappa shape index (κ2) is 10.1. The number of ether oxygens (including phenoxy) is 1. The van der Waals surface area contributed by atoms with E-state index in [1.165, 1.54) is 0 Å². The molecule has 0 unspecified atom stereocenters. The van der Waals surface area contributed by atoms with E-state index in [0.717, 1.165) is 16.7 Å². The summed E-state index contributed by atoms with van der Waals surface area (Å²) in [5.74, 6) is 0.0118. The second-order valence-electron chi connectivity index (χ2n) is 8.64. The quantitative estimate of drug-likeness (QED) is 0.748. The van der Waals surface area contributed by atoms with E-state index < -0.39 is 0 Å². The van der Waals surface area contributed by atoms with Crippen molar-refractivity contribution in [3.8, 4) is 17.0 Å². The van der Waals surface area contributed by atoms with Gasteiger partial charge in [-0.05, 0) is 31.0 Å². The average Bonchev–Trinajstić information content (AvgIpc) is 2.80. The van der Waals surface area contributed by atoms with Gasteiger partial charge in [-0.3, -0.25) is 9.59 Å². The van der Waals surface area contributed by atoms with E-state index in [4.69, 9.17) is 4.74 Å². The van der Waals surface area contributed by atoms with Gasteiger partial charge in [0, 0.05) is 37.7 Å². The Morgan fingerprint density at radius 3 is 2.72 bits per heavy atom. The molecule has 1 aromatic carbocycles. The summed E-state index contributed by atoms with van der Waals surface area (Å²) in [6.07, 6.45) is 1.80. The van der Waals surface area contributed by atoms with Crippen LogP contribution in [-0.4, -0.2) is 70.6 Å². The molecular weight excluding hydrogens is 406 g/mol. The number of likely N-dealkylation sites (N-methyl/N-ethyl adjacent to an activating group) is 1. The summed E-state index contributed by atoms with van der Waals surface area (Å²) in [5, 5.41) is 9.79. The number of rotatable bonds is 6. The van der Waals surface area contributed by atoms with Crippen molar-refractivity contribution in [2.24, 2.45) is 5.92 Å². The van der Waals surface area contributed by atoms with Crippen LogP contribution in [0, 0.1) is 12.8 Å². The SMILES string of the molecule is CCC(=O)N(C)C[C@@H]1Oc2ncc(-c3ccccc3C)cc2C(=O)N([C@H](C)CO)C[C@@H]1C. The van der Waals surface area contributed by atoms with Crippen LogP contribution in [0.4, 0.5) is 0 Å². The van der Waals surface area contributed by atoms with Gasteiger partial charge >= 0.3 is 0 Å². The highest BCUT2D eigenvalue weighted by Crippen LogP contribution is 2.31. The van der Waals surface area contributed by atoms with Crippen molar-refractivity contribution in [3.05, 3.63) is 47.7 Å². The first-order valence-electron chi connectivity index (χ1n) is 11.1. The van der Waals surface area contributed by atoms with Crippen molar-refractivity contribution in [2.75, 3.05) is 26.7 Å². The van der Waals surface area contributed by atoms with Crippen LogP contribution in [0.5, 0.6) is 5.88 Å². The molecule has 0 spiro atoms. The molecule has 3 rings (SSSR count). The lowest BCUT2D eigenvalue weighted by atomic mass is 9.98. The molecule has 0 fully saturated rings. The molecule has 1 N–H and O–H groups in total. The standard InChI is InChI=1S/C25H33N3O4/c1-6-23(30)27(5)14-22-17(3)13-28(18(4)15-29)25(31)21-11-19(12-26-24(21)32-22)20-10-8-7-9-16(20)2/h7-12,17-18,22,29H,6,13-15H2,1-5H3/t17-,18+,22-/m0/s1. The monoisotopic (exact) mass is 439 g/mol. The Balaban J connectivity index is 2.05. The van der Waals surface area contributed by atoms with Crippen LogP contribution in [0.1, 0.15) is 43.1 Å². The third-order valence-electron chi connectivity index (χ3n) is 6.16. The number of hydrogen-bond acceptors (Lipinski definition) is 5. The van der Waals surface area contributed by atoms with E-state index in [2.05, 4.69) is 4.98 Å². The van der Waals surface area contributed by atoms with E-state index in [9.17, 15) is 14.7 Å². The van der Waals surface area contributed by atoms with Crippen molar-refractivity contribution in [2.45, 2.75) is 46.3 Å². The number of aliphatic hydroxyl groups excluding tert-OH is 1. The molecule has 0 radical (unpaired) electrons. The third kappa shape index (κ3) is 4.93. The van der Waals surface area contributed by atoms with Gasteiger partial charge in [-0.1, -0.05) is 38.1 Å². The van der Waals surface area contributed by atoms with Crippen LogP contribution < -0.4 is 4.74 Å².